The number of carbonyl (C=O) groups is 2. The number of nitrogens with zero attached hydrogens (tertiary/aromatic N) is 3. The zero-order valence-electron chi connectivity index (χ0n) is 24.3. The molecule has 1 heterocycles. The van der Waals surface area contributed by atoms with Crippen molar-refractivity contribution in [2.75, 3.05) is 18.9 Å². The van der Waals surface area contributed by atoms with Crippen molar-refractivity contribution < 1.29 is 30.8 Å². The number of hydrogen-bond acceptors (Lipinski definition) is 8. The van der Waals surface area contributed by atoms with Crippen molar-refractivity contribution in [2.45, 2.75) is 29.8 Å². The summed E-state index contributed by atoms with van der Waals surface area (Å²) in [6.45, 7) is 0.786. The molecule has 0 radical (unpaired) electrons. The van der Waals surface area contributed by atoms with Crippen LogP contribution < -0.4 is 10.7 Å². The highest BCUT2D eigenvalue weighted by atomic mass is 35.5. The number of nitrogens with one attached hydrogen (secondary N) is 2. The van der Waals surface area contributed by atoms with E-state index in [-0.39, 0.29) is 34.5 Å². The summed E-state index contributed by atoms with van der Waals surface area (Å²) >= 11 is 5.99. The molecule has 0 spiro atoms. The Hall–Kier alpha value is -4.34. The first-order chi connectivity index (χ1) is 21.3. The van der Waals surface area contributed by atoms with Gasteiger partial charge in [-0.25, -0.2) is 22.3 Å². The Morgan fingerprint density at radius 1 is 0.844 bits per heavy atom. The van der Waals surface area contributed by atoms with E-state index in [1.807, 2.05) is 0 Å². The molecule has 0 saturated carbocycles. The first-order valence-electron chi connectivity index (χ1n) is 13.4. The summed E-state index contributed by atoms with van der Waals surface area (Å²) in [5, 5.41) is 6.91. The average molecular weight is 672 g/mol. The molecule has 236 valence electrons. The molecule has 1 aromatic heterocycles. The topological polar surface area (TPSA) is 158 Å². The minimum atomic E-state index is -3.99. The molecule has 0 aliphatic heterocycles. The molecule has 12 nitrogen and oxygen atoms in total. The molecular weight excluding hydrogens is 642 g/mol. The molecule has 0 saturated heterocycles. The van der Waals surface area contributed by atoms with Crippen LogP contribution in [0.15, 0.2) is 110 Å². The van der Waals surface area contributed by atoms with E-state index in [1.165, 1.54) is 60.9 Å². The number of furan rings is 1. The summed E-state index contributed by atoms with van der Waals surface area (Å²) in [6, 6.07) is 23.6. The van der Waals surface area contributed by atoms with E-state index in [2.05, 4.69) is 15.8 Å². The van der Waals surface area contributed by atoms with Crippen molar-refractivity contribution >= 4 is 55.4 Å². The van der Waals surface area contributed by atoms with E-state index in [4.69, 9.17) is 16.0 Å². The van der Waals surface area contributed by atoms with Crippen LogP contribution >= 0.6 is 11.6 Å². The van der Waals surface area contributed by atoms with Gasteiger partial charge in [0.15, 0.2) is 0 Å². The predicted molar refractivity (Wildman–Crippen MR) is 169 cm³/mol. The Bertz CT molecular complexity index is 1880. The maximum absolute atomic E-state index is 13.5. The van der Waals surface area contributed by atoms with Crippen molar-refractivity contribution in [2.24, 2.45) is 5.10 Å². The minimum absolute atomic E-state index is 0.0575. The molecule has 2 N–H and O–H groups in total. The second-order valence-electron chi connectivity index (χ2n) is 9.78. The van der Waals surface area contributed by atoms with Gasteiger partial charge >= 0.3 is 0 Å². The fourth-order valence-corrected chi connectivity index (χ4v) is 6.74. The number of amides is 2. The number of sulfonamides is 2. The number of carbonyl (C=O) groups excluding carboxylic acids is 2. The highest BCUT2D eigenvalue weighted by Crippen LogP contribution is 2.23. The van der Waals surface area contributed by atoms with Crippen LogP contribution in [0.1, 0.15) is 24.0 Å². The van der Waals surface area contributed by atoms with Gasteiger partial charge in [-0.3, -0.25) is 9.59 Å². The van der Waals surface area contributed by atoms with Crippen LogP contribution in [0, 0.1) is 0 Å². The van der Waals surface area contributed by atoms with E-state index in [9.17, 15) is 26.4 Å². The van der Waals surface area contributed by atoms with Gasteiger partial charge in [0, 0.05) is 31.2 Å². The van der Waals surface area contributed by atoms with Crippen molar-refractivity contribution in [3.05, 3.63) is 113 Å². The lowest BCUT2D eigenvalue weighted by Crippen LogP contribution is -2.36. The van der Waals surface area contributed by atoms with Crippen LogP contribution in [-0.2, 0) is 42.7 Å². The van der Waals surface area contributed by atoms with Crippen LogP contribution in [0.2, 0.25) is 5.02 Å². The number of hydrogen-bond donors (Lipinski definition) is 2. The van der Waals surface area contributed by atoms with Gasteiger partial charge in [0.2, 0.25) is 26.0 Å². The number of hydrazone groups is 1. The van der Waals surface area contributed by atoms with E-state index < -0.39 is 32.5 Å². The lowest BCUT2D eigenvalue weighted by atomic mass is 10.2. The molecule has 4 aromatic rings. The van der Waals surface area contributed by atoms with Crippen LogP contribution in [0.3, 0.4) is 0 Å². The molecule has 4 rings (SSSR count). The quantitative estimate of drug-likeness (QED) is 0.160. The zero-order valence-corrected chi connectivity index (χ0v) is 26.6. The number of halogens is 1. The van der Waals surface area contributed by atoms with Crippen LogP contribution in [0.5, 0.6) is 0 Å². The lowest BCUT2D eigenvalue weighted by Gasteiger charge is -2.21. The Morgan fingerprint density at radius 3 is 2.13 bits per heavy atom. The molecule has 3 aromatic carbocycles. The third-order valence-electron chi connectivity index (χ3n) is 6.30. The normalized spacial score (nSPS) is 12.1. The van der Waals surface area contributed by atoms with E-state index in [0.29, 0.717) is 16.5 Å². The standard InChI is InChI=1S/C30H30ClN5O7S2/c1-22(37)33-25-12-16-29(17-13-25)44(39,40)35(2)21-30(38)34-32-18-26-14-15-27(43-26)20-36(19-23-8-10-24(31)11-9-23)45(41,42)28-6-4-3-5-7-28/h3-18H,19-21H2,1-2H3,(H,33,37)(H,34,38)/b32-18-. The monoisotopic (exact) mass is 671 g/mol. The molecule has 0 fully saturated rings. The van der Waals surface area contributed by atoms with Crippen LogP contribution in [-0.4, -0.2) is 57.1 Å². The first kappa shape index (κ1) is 33.6. The first-order valence-corrected chi connectivity index (χ1v) is 16.6. The number of benzene rings is 3. The molecule has 0 bridgehead atoms. The molecular formula is C30H30ClN5O7S2. The summed E-state index contributed by atoms with van der Waals surface area (Å²) in [5.74, 6) is -0.444. The molecule has 45 heavy (non-hydrogen) atoms. The minimum Gasteiger partial charge on any atom is -0.459 e. The van der Waals surface area contributed by atoms with Gasteiger partial charge in [-0.05, 0) is 66.2 Å². The van der Waals surface area contributed by atoms with Gasteiger partial charge in [-0.2, -0.15) is 13.7 Å². The van der Waals surface area contributed by atoms with Crippen LogP contribution in [0.4, 0.5) is 5.69 Å². The van der Waals surface area contributed by atoms with Gasteiger partial charge in [-0.15, -0.1) is 0 Å². The zero-order chi connectivity index (χ0) is 32.6. The summed E-state index contributed by atoms with van der Waals surface area (Å²) in [5.41, 5.74) is 3.41. The number of rotatable bonds is 13. The van der Waals surface area contributed by atoms with E-state index in [0.717, 1.165) is 9.87 Å². The fraction of sp³-hybridized carbons (Fsp3) is 0.167. The van der Waals surface area contributed by atoms with Crippen LogP contribution in [0.25, 0.3) is 0 Å². The molecule has 0 aliphatic rings. The molecule has 2 amide bonds. The van der Waals surface area contributed by atoms with Crippen molar-refractivity contribution in [1.29, 1.82) is 0 Å². The SMILES string of the molecule is CC(=O)Nc1ccc(S(=O)(=O)N(C)CC(=O)N/N=C\c2ccc(CN(Cc3ccc(Cl)cc3)S(=O)(=O)c3ccccc3)o2)cc1. The van der Waals surface area contributed by atoms with E-state index in [1.54, 1.807) is 54.6 Å². The largest absolute Gasteiger partial charge is 0.459 e. The lowest BCUT2D eigenvalue weighted by molar-refractivity contribution is -0.121. The van der Waals surface area contributed by atoms with Gasteiger partial charge in [0.1, 0.15) is 11.5 Å². The Balaban J connectivity index is 1.38. The van der Waals surface area contributed by atoms with Crippen molar-refractivity contribution in [3.8, 4) is 0 Å². The van der Waals surface area contributed by atoms with E-state index >= 15 is 0 Å². The Kier molecular flexibility index (Phi) is 10.9. The Morgan fingerprint density at radius 2 is 1.49 bits per heavy atom. The highest BCUT2D eigenvalue weighted by molar-refractivity contribution is 7.89. The van der Waals surface area contributed by atoms with Crippen molar-refractivity contribution in [1.82, 2.24) is 14.0 Å². The third kappa shape index (κ3) is 9.09. The predicted octanol–water partition coefficient (Wildman–Crippen LogP) is 4.05. The Labute approximate surface area is 266 Å². The van der Waals surface area contributed by atoms with Gasteiger partial charge in [0.05, 0.1) is 29.1 Å². The average Bonchev–Trinajstić information content (AvgIpc) is 3.45. The van der Waals surface area contributed by atoms with Gasteiger partial charge in [0.25, 0.3) is 5.91 Å². The smallest absolute Gasteiger partial charge is 0.255 e. The summed E-state index contributed by atoms with van der Waals surface area (Å²) in [7, 11) is -6.64. The third-order valence-corrected chi connectivity index (χ3v) is 10.2. The number of likely N-dealkylation sites (N-methyl/N-ethyl adjacent to an activating group) is 1. The molecule has 0 aliphatic carbocycles. The summed E-state index contributed by atoms with van der Waals surface area (Å²) < 4.78 is 60.5. The molecule has 0 atom stereocenters. The second-order valence-corrected chi connectivity index (χ2v) is 14.2. The summed E-state index contributed by atoms with van der Waals surface area (Å²) in [6.07, 6.45) is 1.21. The highest BCUT2D eigenvalue weighted by Gasteiger charge is 2.26. The van der Waals surface area contributed by atoms with Gasteiger partial charge in [-0.1, -0.05) is 41.9 Å². The fourth-order valence-electron chi connectivity index (χ4n) is 4.07. The molecule has 0 unspecified atom stereocenters. The molecule has 15 heteroatoms. The maximum atomic E-state index is 13.5. The van der Waals surface area contributed by atoms with Gasteiger partial charge < -0.3 is 9.73 Å². The second kappa shape index (κ2) is 14.6. The summed E-state index contributed by atoms with van der Waals surface area (Å²) in [4.78, 5) is 23.6. The number of anilines is 1. The van der Waals surface area contributed by atoms with Crippen molar-refractivity contribution in [3.63, 3.8) is 0 Å². The maximum Gasteiger partial charge on any atom is 0.255 e.